The van der Waals surface area contributed by atoms with Gasteiger partial charge in [0.15, 0.2) is 0 Å². The van der Waals surface area contributed by atoms with Crippen molar-refractivity contribution in [3.63, 3.8) is 0 Å². The Morgan fingerprint density at radius 1 is 0.520 bits per heavy atom. The molecule has 0 aromatic heterocycles. The van der Waals surface area contributed by atoms with Gasteiger partial charge in [0.2, 0.25) is 0 Å². The van der Waals surface area contributed by atoms with Crippen LogP contribution >= 0.6 is 0 Å². The van der Waals surface area contributed by atoms with Gasteiger partial charge in [0.05, 0.1) is 0 Å². The first kappa shape index (κ1) is 43.8. The van der Waals surface area contributed by atoms with Crippen molar-refractivity contribution in [2.45, 2.75) is 131 Å². The first-order valence-electron chi connectivity index (χ1n) is 18.6. The maximum Gasteiger partial charge on any atom is 6.00 e. The summed E-state index contributed by atoms with van der Waals surface area (Å²) in [5.41, 5.74) is 9.83. The van der Waals surface area contributed by atoms with E-state index in [4.69, 9.17) is 24.8 Å². The summed E-state index contributed by atoms with van der Waals surface area (Å²) in [5.74, 6) is 1.79. The quantitative estimate of drug-likeness (QED) is 0.196. The molecule has 3 aliphatic rings. The summed E-state index contributed by atoms with van der Waals surface area (Å²) in [6, 6.07) is 23.1. The van der Waals surface area contributed by atoms with Gasteiger partial charge in [-0.05, 0) is 23.7 Å². The molecule has 3 fully saturated rings. The van der Waals surface area contributed by atoms with Gasteiger partial charge in [-0.3, -0.25) is 0 Å². The summed E-state index contributed by atoms with van der Waals surface area (Å²) >= 11 is 0. The van der Waals surface area contributed by atoms with Gasteiger partial charge in [-0.2, -0.15) is 54.7 Å². The van der Waals surface area contributed by atoms with Crippen LogP contribution in [0.2, 0.25) is 0 Å². The molecule has 0 radical (unpaired) electrons. The third-order valence-electron chi connectivity index (χ3n) is 8.52. The van der Waals surface area contributed by atoms with Crippen molar-refractivity contribution in [3.05, 3.63) is 124 Å². The predicted octanol–water partition coefficient (Wildman–Crippen LogP) is 13.3. The maximum absolute atomic E-state index is 5.09. The van der Waals surface area contributed by atoms with Crippen LogP contribution in [0.1, 0.15) is 151 Å². The van der Waals surface area contributed by atoms with Gasteiger partial charge in [-0.1, -0.05) is 133 Å². The number of rotatable bonds is 10. The third-order valence-corrected chi connectivity index (χ3v) is 8.52. The molecule has 0 spiro atoms. The largest absolute Gasteiger partial charge is 6.00 e. The van der Waals surface area contributed by atoms with Crippen LogP contribution in [0.3, 0.4) is 0 Å². The first-order chi connectivity index (χ1) is 23.7. The van der Waals surface area contributed by atoms with Crippen molar-refractivity contribution in [1.82, 2.24) is 0 Å². The number of ether oxygens (including phenoxy) is 3. The van der Waals surface area contributed by atoms with Crippen LogP contribution in [0.25, 0.3) is 10.6 Å². The smallest absolute Gasteiger partial charge is 0.682 e. The molecule has 6 heteroatoms. The summed E-state index contributed by atoms with van der Waals surface area (Å²) in [7, 11) is 0. The molecule has 6 rings (SSSR count). The van der Waals surface area contributed by atoms with Crippen molar-refractivity contribution >= 4 is 11.4 Å². The normalized spacial score (nSPS) is 15.1. The zero-order valence-corrected chi connectivity index (χ0v) is 33.3. The van der Waals surface area contributed by atoms with Gasteiger partial charge in [0.1, 0.15) is 0 Å². The second kappa shape index (κ2) is 24.8. The standard InChI is InChI=1S/C32H41N2.3C4H7O.Cr/c1-21(2)27-14-10-15-28(22(3)4)31(27)33-19-25-12-9-13-26(18-25)20-34-32-29(23(5)6)16-11-17-30(32)24(7)8;3*1-2-4-5-3-1;/h9-17,21-24H,19-20H2,1-8H3;3*3H,1-2,4H2;/q-3;3*-1;+6. The molecule has 3 aromatic carbocycles. The SMILES string of the molecule is CC(C)c1cccc(C(C)C)c1[N-]Cc1[c-]c(C[N-]c2c(C(C)C)cccc2C(C)C)ccc1.[CH-]1CCCO1.[CH-]1CCCO1.[CH-]1CCCO1.[Cr+6]. The molecule has 0 bridgehead atoms. The number of hydrogen-bond acceptors (Lipinski definition) is 3. The van der Waals surface area contributed by atoms with Crippen LogP contribution in [0.4, 0.5) is 11.4 Å². The van der Waals surface area contributed by atoms with Gasteiger partial charge in [0.25, 0.3) is 0 Å². The molecule has 0 saturated carbocycles. The number of para-hydroxylation sites is 2. The molecule has 0 aliphatic carbocycles. The molecule has 272 valence electrons. The van der Waals surface area contributed by atoms with E-state index in [1.54, 1.807) is 0 Å². The van der Waals surface area contributed by atoms with Crippen LogP contribution in [0, 0.1) is 25.9 Å². The summed E-state index contributed by atoms with van der Waals surface area (Å²) in [4.78, 5) is 0. The van der Waals surface area contributed by atoms with Gasteiger partial charge in [-0.15, -0.1) is 24.5 Å². The van der Waals surface area contributed by atoms with Crippen molar-refractivity contribution < 1.29 is 31.6 Å². The van der Waals surface area contributed by atoms with E-state index in [0.29, 0.717) is 36.8 Å². The van der Waals surface area contributed by atoms with Gasteiger partial charge >= 0.3 is 17.4 Å². The predicted molar refractivity (Wildman–Crippen MR) is 206 cm³/mol. The molecule has 50 heavy (non-hydrogen) atoms. The average Bonchev–Trinajstić information content (AvgIpc) is 3.93. The minimum absolute atomic E-state index is 0. The average molecular weight is 719 g/mol. The first-order valence-corrected chi connectivity index (χ1v) is 18.6. The summed E-state index contributed by atoms with van der Waals surface area (Å²) in [6.45, 7) is 27.6. The van der Waals surface area contributed by atoms with E-state index in [1.165, 1.54) is 41.5 Å². The van der Waals surface area contributed by atoms with E-state index in [1.807, 2.05) is 19.8 Å². The minimum atomic E-state index is 0. The fourth-order valence-corrected chi connectivity index (χ4v) is 5.72. The molecule has 5 nitrogen and oxygen atoms in total. The monoisotopic (exact) mass is 718 g/mol. The molecule has 0 N–H and O–H groups in total. The molecule has 3 aliphatic heterocycles. The summed E-state index contributed by atoms with van der Waals surface area (Å²) < 4.78 is 14.5. The topological polar surface area (TPSA) is 55.9 Å². The second-order valence-corrected chi connectivity index (χ2v) is 14.1. The Morgan fingerprint density at radius 2 is 0.820 bits per heavy atom. The van der Waals surface area contributed by atoms with Crippen LogP contribution in [0.5, 0.6) is 0 Å². The molecule has 0 amide bonds. The van der Waals surface area contributed by atoms with E-state index in [-0.39, 0.29) is 17.4 Å². The summed E-state index contributed by atoms with van der Waals surface area (Å²) in [6.07, 6.45) is 7.12. The van der Waals surface area contributed by atoms with Crippen molar-refractivity contribution in [2.24, 2.45) is 0 Å². The Bertz CT molecular complexity index is 1150. The maximum atomic E-state index is 5.09. The fourth-order valence-electron chi connectivity index (χ4n) is 5.72. The summed E-state index contributed by atoms with van der Waals surface area (Å²) in [5, 5.41) is 10.2. The van der Waals surface area contributed by atoms with Crippen LogP contribution in [0.15, 0.2) is 54.6 Å². The Hall–Kier alpha value is -2.33. The van der Waals surface area contributed by atoms with E-state index in [9.17, 15) is 0 Å². The van der Waals surface area contributed by atoms with E-state index >= 15 is 0 Å². The van der Waals surface area contributed by atoms with Crippen molar-refractivity contribution in [1.29, 1.82) is 0 Å². The molecule has 3 heterocycles. The van der Waals surface area contributed by atoms with Crippen molar-refractivity contribution in [3.8, 4) is 0 Å². The van der Waals surface area contributed by atoms with Crippen LogP contribution in [-0.2, 0) is 44.7 Å². The molecule has 3 aromatic rings. The number of benzene rings is 3. The third kappa shape index (κ3) is 15.5. The molecular weight excluding hydrogens is 656 g/mol. The number of nitrogens with zero attached hydrogens (tertiary/aromatic N) is 2. The zero-order valence-electron chi connectivity index (χ0n) is 32.0. The van der Waals surface area contributed by atoms with Crippen molar-refractivity contribution in [2.75, 3.05) is 19.8 Å². The Kier molecular flexibility index (Phi) is 21.7. The van der Waals surface area contributed by atoms with Crippen LogP contribution in [-0.4, -0.2) is 19.8 Å². The molecule has 0 atom stereocenters. The number of hydrogen-bond donors (Lipinski definition) is 0. The molecular formula is C44H62CrN2O3. The minimum Gasteiger partial charge on any atom is -0.682 e. The Labute approximate surface area is 316 Å². The molecule has 3 saturated heterocycles. The van der Waals surface area contributed by atoms with Gasteiger partial charge in [0, 0.05) is 19.8 Å². The van der Waals surface area contributed by atoms with Gasteiger partial charge < -0.3 is 24.8 Å². The van der Waals surface area contributed by atoms with E-state index in [2.05, 4.69) is 116 Å². The zero-order chi connectivity index (χ0) is 35.4. The second-order valence-electron chi connectivity index (χ2n) is 14.1. The van der Waals surface area contributed by atoms with Crippen LogP contribution < -0.4 is 0 Å². The van der Waals surface area contributed by atoms with Gasteiger partial charge in [-0.25, -0.2) is 19.8 Å². The Morgan fingerprint density at radius 3 is 1.04 bits per heavy atom. The van der Waals surface area contributed by atoms with E-state index in [0.717, 1.165) is 61.6 Å². The molecule has 0 unspecified atom stereocenters. The Balaban J connectivity index is 0.000000439. The fraction of sp³-hybridized carbons (Fsp3) is 0.523. The van der Waals surface area contributed by atoms with E-state index < -0.39 is 0 Å².